The highest BCUT2D eigenvalue weighted by atomic mass is 16.3. The van der Waals surface area contributed by atoms with Crippen LogP contribution in [0.3, 0.4) is 0 Å². The summed E-state index contributed by atoms with van der Waals surface area (Å²) in [5.74, 6) is -0.184. The summed E-state index contributed by atoms with van der Waals surface area (Å²) in [5, 5.41) is 23.4. The van der Waals surface area contributed by atoms with Crippen LogP contribution in [0.5, 0.6) is 11.5 Å². The molecule has 6 nitrogen and oxygen atoms in total. The molecular formula is C17H14N2O4. The Kier molecular flexibility index (Phi) is 3.72. The third kappa shape index (κ3) is 2.87. The van der Waals surface area contributed by atoms with Crippen LogP contribution in [-0.2, 0) is 0 Å². The van der Waals surface area contributed by atoms with E-state index in [2.05, 4.69) is 10.5 Å². The number of amides is 1. The van der Waals surface area contributed by atoms with Gasteiger partial charge in [0.25, 0.3) is 0 Å². The maximum atomic E-state index is 12.2. The number of hydrazone groups is 1. The van der Waals surface area contributed by atoms with Gasteiger partial charge in [0.05, 0.1) is 11.6 Å². The number of nitrogens with zero attached hydrogens (tertiary/aromatic N) is 1. The average molecular weight is 310 g/mol. The summed E-state index contributed by atoms with van der Waals surface area (Å²) in [7, 11) is 0. The maximum Gasteiger partial charge on any atom is 0.307 e. The summed E-state index contributed by atoms with van der Waals surface area (Å²) in [6.45, 7) is 1.70. The number of phenolic OH excluding ortho intramolecular Hbond substituents is 2. The number of nitrogens with one attached hydrogen (secondary N) is 1. The molecule has 0 aliphatic rings. The zero-order valence-corrected chi connectivity index (χ0v) is 12.3. The van der Waals surface area contributed by atoms with Gasteiger partial charge in [-0.1, -0.05) is 6.07 Å². The SMILES string of the molecule is Cc1c(C(=O)N/N=C/c2ccc(O)cc2)oc2cccc(O)c12. The van der Waals surface area contributed by atoms with E-state index in [1.807, 2.05) is 0 Å². The first-order valence-corrected chi connectivity index (χ1v) is 6.90. The van der Waals surface area contributed by atoms with Gasteiger partial charge >= 0.3 is 5.91 Å². The Morgan fingerprint density at radius 1 is 1.17 bits per heavy atom. The summed E-state index contributed by atoms with van der Waals surface area (Å²) in [4.78, 5) is 12.2. The first-order chi connectivity index (χ1) is 11.1. The van der Waals surface area contributed by atoms with Gasteiger partial charge in [0.15, 0.2) is 5.76 Å². The lowest BCUT2D eigenvalue weighted by atomic mass is 10.1. The Hall–Kier alpha value is -3.28. The number of aryl methyl sites for hydroxylation is 1. The minimum absolute atomic E-state index is 0.0652. The molecule has 1 heterocycles. The van der Waals surface area contributed by atoms with Crippen LogP contribution in [0.4, 0.5) is 0 Å². The predicted octanol–water partition coefficient (Wildman–Crippen LogP) is 2.92. The monoisotopic (exact) mass is 310 g/mol. The maximum absolute atomic E-state index is 12.2. The average Bonchev–Trinajstić information content (AvgIpc) is 2.88. The Morgan fingerprint density at radius 2 is 1.91 bits per heavy atom. The van der Waals surface area contributed by atoms with Gasteiger partial charge < -0.3 is 14.6 Å². The number of carbonyl (C=O) groups is 1. The second-order valence-electron chi connectivity index (χ2n) is 5.00. The van der Waals surface area contributed by atoms with Gasteiger partial charge in [-0.2, -0.15) is 5.10 Å². The molecule has 2 aromatic carbocycles. The molecular weight excluding hydrogens is 296 g/mol. The second kappa shape index (κ2) is 5.84. The molecule has 1 aromatic heterocycles. The van der Waals surface area contributed by atoms with E-state index >= 15 is 0 Å². The van der Waals surface area contributed by atoms with Crippen LogP contribution < -0.4 is 5.43 Å². The van der Waals surface area contributed by atoms with Gasteiger partial charge in [-0.15, -0.1) is 0 Å². The van der Waals surface area contributed by atoms with Crippen molar-refractivity contribution in [3.8, 4) is 11.5 Å². The van der Waals surface area contributed by atoms with E-state index in [0.29, 0.717) is 16.5 Å². The van der Waals surface area contributed by atoms with E-state index in [9.17, 15) is 15.0 Å². The Labute approximate surface area is 131 Å². The normalized spacial score (nSPS) is 11.2. The van der Waals surface area contributed by atoms with Gasteiger partial charge in [0.2, 0.25) is 0 Å². The van der Waals surface area contributed by atoms with Gasteiger partial charge in [-0.25, -0.2) is 5.43 Å². The van der Waals surface area contributed by atoms with Crippen molar-refractivity contribution in [3.63, 3.8) is 0 Å². The fourth-order valence-electron chi connectivity index (χ4n) is 2.27. The van der Waals surface area contributed by atoms with E-state index in [0.717, 1.165) is 5.56 Å². The zero-order chi connectivity index (χ0) is 16.4. The van der Waals surface area contributed by atoms with Gasteiger partial charge in [0.1, 0.15) is 17.1 Å². The molecule has 116 valence electrons. The van der Waals surface area contributed by atoms with E-state index < -0.39 is 5.91 Å². The molecule has 0 saturated heterocycles. The summed E-state index contributed by atoms with van der Waals surface area (Å²) < 4.78 is 5.48. The number of aromatic hydroxyl groups is 2. The lowest BCUT2D eigenvalue weighted by Gasteiger charge is -1.98. The minimum Gasteiger partial charge on any atom is -0.508 e. The number of carbonyl (C=O) groups excluding carboxylic acids is 1. The van der Waals surface area contributed by atoms with Gasteiger partial charge in [0, 0.05) is 5.56 Å². The Bertz CT molecular complexity index is 895. The molecule has 3 rings (SSSR count). The molecule has 0 aliphatic heterocycles. The van der Waals surface area contributed by atoms with Crippen molar-refractivity contribution in [1.29, 1.82) is 0 Å². The number of phenols is 2. The lowest BCUT2D eigenvalue weighted by molar-refractivity contribution is 0.0929. The quantitative estimate of drug-likeness (QED) is 0.512. The summed E-state index contributed by atoms with van der Waals surface area (Å²) in [5.41, 5.74) is 4.09. The van der Waals surface area contributed by atoms with Gasteiger partial charge in [-0.05, 0) is 48.9 Å². The molecule has 23 heavy (non-hydrogen) atoms. The third-order valence-corrected chi connectivity index (χ3v) is 3.41. The number of hydrogen-bond donors (Lipinski definition) is 3. The van der Waals surface area contributed by atoms with E-state index in [-0.39, 0.29) is 17.3 Å². The Balaban J connectivity index is 1.80. The molecule has 0 radical (unpaired) electrons. The number of furan rings is 1. The van der Waals surface area contributed by atoms with Crippen molar-refractivity contribution in [2.75, 3.05) is 0 Å². The fourth-order valence-corrected chi connectivity index (χ4v) is 2.27. The number of hydrogen-bond acceptors (Lipinski definition) is 5. The van der Waals surface area contributed by atoms with Gasteiger partial charge in [-0.3, -0.25) is 4.79 Å². The fraction of sp³-hybridized carbons (Fsp3) is 0.0588. The van der Waals surface area contributed by atoms with Crippen molar-refractivity contribution in [2.24, 2.45) is 5.10 Å². The number of benzene rings is 2. The van der Waals surface area contributed by atoms with Crippen molar-refractivity contribution < 1.29 is 19.4 Å². The van der Waals surface area contributed by atoms with Crippen LogP contribution in [0.1, 0.15) is 21.7 Å². The molecule has 6 heteroatoms. The number of rotatable bonds is 3. The first kappa shape index (κ1) is 14.6. The minimum atomic E-state index is -0.506. The van der Waals surface area contributed by atoms with Crippen LogP contribution in [0.25, 0.3) is 11.0 Å². The van der Waals surface area contributed by atoms with Crippen molar-refractivity contribution in [2.45, 2.75) is 6.92 Å². The summed E-state index contributed by atoms with van der Waals surface area (Å²) >= 11 is 0. The molecule has 3 aromatic rings. The summed E-state index contributed by atoms with van der Waals surface area (Å²) in [6, 6.07) is 11.2. The molecule has 0 spiro atoms. The standard InChI is InChI=1S/C17H14N2O4/c1-10-15-13(21)3-2-4-14(15)23-16(10)17(22)19-18-9-11-5-7-12(20)8-6-11/h2-9,20-21H,1H3,(H,19,22)/b18-9+. The number of fused-ring (bicyclic) bond motifs is 1. The van der Waals surface area contributed by atoms with E-state index in [4.69, 9.17) is 4.42 Å². The highest BCUT2D eigenvalue weighted by Crippen LogP contribution is 2.32. The van der Waals surface area contributed by atoms with Crippen molar-refractivity contribution in [1.82, 2.24) is 5.43 Å². The smallest absolute Gasteiger partial charge is 0.307 e. The molecule has 1 amide bonds. The molecule has 0 aliphatic carbocycles. The lowest BCUT2D eigenvalue weighted by Crippen LogP contribution is -2.17. The summed E-state index contributed by atoms with van der Waals surface area (Å²) in [6.07, 6.45) is 1.45. The van der Waals surface area contributed by atoms with Crippen LogP contribution >= 0.6 is 0 Å². The van der Waals surface area contributed by atoms with Crippen molar-refractivity contribution >= 4 is 23.1 Å². The van der Waals surface area contributed by atoms with Crippen LogP contribution in [-0.4, -0.2) is 22.3 Å². The predicted molar refractivity (Wildman–Crippen MR) is 85.8 cm³/mol. The molecule has 3 N–H and O–H groups in total. The highest BCUT2D eigenvalue weighted by molar-refractivity contribution is 6.00. The Morgan fingerprint density at radius 3 is 2.61 bits per heavy atom. The second-order valence-corrected chi connectivity index (χ2v) is 5.00. The molecule has 0 atom stereocenters. The van der Waals surface area contributed by atoms with E-state index in [1.54, 1.807) is 31.2 Å². The van der Waals surface area contributed by atoms with Crippen LogP contribution in [0.2, 0.25) is 0 Å². The van der Waals surface area contributed by atoms with E-state index in [1.165, 1.54) is 24.4 Å². The third-order valence-electron chi connectivity index (χ3n) is 3.41. The highest BCUT2D eigenvalue weighted by Gasteiger charge is 2.19. The molecule has 0 saturated carbocycles. The van der Waals surface area contributed by atoms with Crippen LogP contribution in [0.15, 0.2) is 52.0 Å². The first-order valence-electron chi connectivity index (χ1n) is 6.90. The molecule has 0 fully saturated rings. The topological polar surface area (TPSA) is 95.1 Å². The molecule has 0 unspecified atom stereocenters. The zero-order valence-electron chi connectivity index (χ0n) is 12.3. The largest absolute Gasteiger partial charge is 0.508 e. The van der Waals surface area contributed by atoms with Crippen molar-refractivity contribution in [3.05, 3.63) is 59.4 Å². The molecule has 0 bridgehead atoms. The van der Waals surface area contributed by atoms with Crippen LogP contribution in [0, 0.1) is 6.92 Å².